The number of nitrogens with one attached hydrogen (secondary N) is 1. The van der Waals surface area contributed by atoms with Gasteiger partial charge in [-0.15, -0.1) is 22.0 Å². The van der Waals surface area contributed by atoms with Crippen LogP contribution in [0.2, 0.25) is 0 Å². The van der Waals surface area contributed by atoms with Gasteiger partial charge in [0.25, 0.3) is 9.96 Å². The topological polar surface area (TPSA) is 130 Å². The molecule has 4 rings (SSSR count). The Bertz CT molecular complexity index is 1140. The van der Waals surface area contributed by atoms with Crippen LogP contribution in [0.1, 0.15) is 15.1 Å². The van der Waals surface area contributed by atoms with Crippen LogP contribution in [0.3, 0.4) is 0 Å². The lowest BCUT2D eigenvalue weighted by Crippen LogP contribution is -2.70. The molecule has 0 bridgehead atoms. The van der Waals surface area contributed by atoms with Gasteiger partial charge in [0.15, 0.2) is 4.34 Å². The summed E-state index contributed by atoms with van der Waals surface area (Å²) in [4.78, 5) is 50.2. The fraction of sp³-hybridized carbons (Fsp3) is 0.375. The minimum absolute atomic E-state index is 0.00495. The van der Waals surface area contributed by atoms with E-state index in [1.54, 1.807) is 5.38 Å². The summed E-state index contributed by atoms with van der Waals surface area (Å²) in [6.07, 6.45) is 1.87. The SMILES string of the molecule is CSc1nnc(C(S)C2=C(C(=O)O)N3C(=O)C(NC(=O)Cc4csc(=O)s4)C3SC2)s1. The Hall–Kier alpha value is -1.39. The molecule has 2 N–H and O–H groups in total. The molecule has 2 aromatic rings. The summed E-state index contributed by atoms with van der Waals surface area (Å²) in [5.41, 5.74) is 0.360. The number of fused-ring (bicyclic) bond motifs is 1. The predicted octanol–water partition coefficient (Wildman–Crippen LogP) is 1.70. The molecule has 15 heteroatoms. The molecule has 31 heavy (non-hydrogen) atoms. The first-order valence-corrected chi connectivity index (χ1v) is 13.9. The third-order valence-corrected chi connectivity index (χ3v) is 10.5. The van der Waals surface area contributed by atoms with Crippen molar-refractivity contribution in [3.05, 3.63) is 35.4 Å². The smallest absolute Gasteiger partial charge is 0.352 e. The Morgan fingerprint density at radius 3 is 2.77 bits per heavy atom. The number of carboxylic acids is 1. The van der Waals surface area contributed by atoms with Crippen LogP contribution in [0.4, 0.5) is 0 Å². The fourth-order valence-electron chi connectivity index (χ4n) is 3.14. The Morgan fingerprint density at radius 1 is 1.39 bits per heavy atom. The van der Waals surface area contributed by atoms with Crippen LogP contribution in [-0.4, -0.2) is 61.4 Å². The molecule has 3 unspecified atom stereocenters. The molecule has 2 aliphatic rings. The van der Waals surface area contributed by atoms with E-state index in [-0.39, 0.29) is 22.1 Å². The van der Waals surface area contributed by atoms with Gasteiger partial charge in [0.1, 0.15) is 22.1 Å². The average Bonchev–Trinajstić information content (AvgIpc) is 3.39. The molecule has 2 aliphatic heterocycles. The van der Waals surface area contributed by atoms with E-state index < -0.39 is 28.5 Å². The number of nitrogens with zero attached hydrogens (tertiary/aromatic N) is 3. The van der Waals surface area contributed by atoms with Crippen molar-refractivity contribution in [3.63, 3.8) is 0 Å². The van der Waals surface area contributed by atoms with E-state index in [2.05, 4.69) is 28.1 Å². The Labute approximate surface area is 201 Å². The number of hydrogen-bond acceptors (Lipinski definition) is 12. The molecule has 0 saturated carbocycles. The third kappa shape index (κ3) is 4.43. The maximum Gasteiger partial charge on any atom is 0.352 e. The monoisotopic (exact) mass is 534 g/mol. The van der Waals surface area contributed by atoms with Crippen molar-refractivity contribution in [2.75, 3.05) is 12.0 Å². The van der Waals surface area contributed by atoms with Gasteiger partial charge in [-0.2, -0.15) is 12.6 Å². The highest BCUT2D eigenvalue weighted by Gasteiger charge is 2.54. The predicted molar refractivity (Wildman–Crippen MR) is 125 cm³/mol. The van der Waals surface area contributed by atoms with Gasteiger partial charge < -0.3 is 10.4 Å². The van der Waals surface area contributed by atoms with Crippen molar-refractivity contribution >= 4 is 87.9 Å². The zero-order chi connectivity index (χ0) is 22.3. The second-order valence-electron chi connectivity index (χ2n) is 6.38. The van der Waals surface area contributed by atoms with E-state index in [1.165, 1.54) is 39.8 Å². The maximum absolute atomic E-state index is 12.8. The van der Waals surface area contributed by atoms with Gasteiger partial charge >= 0.3 is 5.97 Å². The summed E-state index contributed by atoms with van der Waals surface area (Å²) in [7, 11) is 0. The lowest BCUT2D eigenvalue weighted by atomic mass is 10.0. The number of hydrogen-bond donors (Lipinski definition) is 3. The van der Waals surface area contributed by atoms with Crippen LogP contribution in [0.5, 0.6) is 0 Å². The van der Waals surface area contributed by atoms with Crippen molar-refractivity contribution in [2.45, 2.75) is 27.4 Å². The van der Waals surface area contributed by atoms with E-state index in [0.717, 1.165) is 27.0 Å². The number of carbonyl (C=O) groups is 3. The summed E-state index contributed by atoms with van der Waals surface area (Å²) in [5.74, 6) is -1.77. The van der Waals surface area contributed by atoms with Crippen molar-refractivity contribution in [1.29, 1.82) is 0 Å². The third-order valence-electron chi connectivity index (χ3n) is 4.51. The molecule has 0 aromatic carbocycles. The molecular formula is C16H14N4O5S6. The number of rotatable bonds is 7. The van der Waals surface area contributed by atoms with Crippen molar-refractivity contribution in [1.82, 2.24) is 20.4 Å². The van der Waals surface area contributed by atoms with Crippen molar-refractivity contribution < 1.29 is 19.5 Å². The van der Waals surface area contributed by atoms with Crippen LogP contribution in [-0.2, 0) is 20.8 Å². The second kappa shape index (κ2) is 9.23. The van der Waals surface area contributed by atoms with Crippen LogP contribution in [0.25, 0.3) is 0 Å². The number of β-lactam (4-membered cyclic amide) rings is 1. The van der Waals surface area contributed by atoms with Gasteiger partial charge in [0, 0.05) is 16.0 Å². The van der Waals surface area contributed by atoms with Gasteiger partial charge in [-0.25, -0.2) is 4.79 Å². The highest BCUT2D eigenvalue weighted by Crippen LogP contribution is 2.46. The van der Waals surface area contributed by atoms with Gasteiger partial charge in [-0.3, -0.25) is 19.3 Å². The van der Waals surface area contributed by atoms with Gasteiger partial charge in [0.05, 0.1) is 11.7 Å². The summed E-state index contributed by atoms with van der Waals surface area (Å²) >= 11 is 10.7. The van der Waals surface area contributed by atoms with Crippen LogP contribution in [0, 0.1) is 0 Å². The molecule has 0 spiro atoms. The van der Waals surface area contributed by atoms with Gasteiger partial charge in [-0.1, -0.05) is 45.8 Å². The number of aliphatic carboxylic acids is 1. The summed E-state index contributed by atoms with van der Waals surface area (Å²) < 4.78 is 0.646. The van der Waals surface area contributed by atoms with E-state index >= 15 is 0 Å². The Kier molecular flexibility index (Phi) is 6.79. The van der Waals surface area contributed by atoms with E-state index in [0.29, 0.717) is 21.2 Å². The maximum atomic E-state index is 12.8. The molecule has 1 saturated heterocycles. The summed E-state index contributed by atoms with van der Waals surface area (Å²) in [5, 5.41) is 21.7. The minimum Gasteiger partial charge on any atom is -0.477 e. The lowest BCUT2D eigenvalue weighted by molar-refractivity contribution is -0.150. The molecule has 4 heterocycles. The lowest BCUT2D eigenvalue weighted by Gasteiger charge is -2.49. The standard InChI is InChI=1S/C16H14N4O5S6/c1-27-15-19-18-11(31-15)10(26)6-4-28-13-8(12(22)20(13)9(6)14(23)24)17-7(21)2-5-3-29-16(25)30-5/h3,8,10,13,26H,2,4H2,1H3,(H,17,21)(H,23,24). The van der Waals surface area contributed by atoms with E-state index in [9.17, 15) is 24.3 Å². The number of carbonyl (C=O) groups excluding carboxylic acids is 2. The van der Waals surface area contributed by atoms with E-state index in [4.69, 9.17) is 0 Å². The number of carboxylic acid groups (broad SMARTS) is 1. The van der Waals surface area contributed by atoms with Crippen molar-refractivity contribution in [2.24, 2.45) is 0 Å². The normalized spacial score (nSPS) is 21.5. The Balaban J connectivity index is 1.51. The summed E-state index contributed by atoms with van der Waals surface area (Å²) in [6.45, 7) is 0. The largest absolute Gasteiger partial charge is 0.477 e. The molecule has 9 nitrogen and oxygen atoms in total. The molecule has 0 aliphatic carbocycles. The molecular weight excluding hydrogens is 521 g/mol. The highest BCUT2D eigenvalue weighted by atomic mass is 32.2. The van der Waals surface area contributed by atoms with E-state index in [1.807, 2.05) is 6.26 Å². The zero-order valence-corrected chi connectivity index (χ0v) is 20.6. The van der Waals surface area contributed by atoms with Crippen LogP contribution in [0.15, 0.2) is 25.8 Å². The minimum atomic E-state index is -1.23. The highest BCUT2D eigenvalue weighted by molar-refractivity contribution is 8.00. The number of amides is 2. The molecule has 0 radical (unpaired) electrons. The number of thioether (sulfide) groups is 2. The quantitative estimate of drug-likeness (QED) is 0.276. The van der Waals surface area contributed by atoms with Crippen LogP contribution >= 0.6 is 70.2 Å². The molecule has 3 atom stereocenters. The molecule has 2 amide bonds. The molecule has 2 aromatic heterocycles. The second-order valence-corrected chi connectivity index (χ2v) is 12.3. The average molecular weight is 535 g/mol. The summed E-state index contributed by atoms with van der Waals surface area (Å²) in [6, 6.07) is -0.813. The fourth-order valence-corrected chi connectivity index (χ4v) is 8.11. The van der Waals surface area contributed by atoms with Gasteiger partial charge in [-0.05, 0) is 11.8 Å². The van der Waals surface area contributed by atoms with Crippen molar-refractivity contribution in [3.8, 4) is 0 Å². The first kappa shape index (κ1) is 22.8. The molecule has 164 valence electrons. The number of aromatic nitrogens is 2. The first-order chi connectivity index (χ1) is 14.8. The van der Waals surface area contributed by atoms with Crippen LogP contribution < -0.4 is 9.37 Å². The number of thiol groups is 1. The first-order valence-electron chi connectivity index (χ1n) is 8.63. The Morgan fingerprint density at radius 2 is 2.16 bits per heavy atom. The van der Waals surface area contributed by atoms with Gasteiger partial charge in [0.2, 0.25) is 5.91 Å². The molecule has 1 fully saturated rings. The zero-order valence-electron chi connectivity index (χ0n) is 15.6.